The summed E-state index contributed by atoms with van der Waals surface area (Å²) in [6.07, 6.45) is 1.17. The van der Waals surface area contributed by atoms with Gasteiger partial charge in [-0.2, -0.15) is 11.8 Å². The van der Waals surface area contributed by atoms with Crippen molar-refractivity contribution in [2.75, 3.05) is 35.2 Å². The molecule has 0 saturated heterocycles. The van der Waals surface area contributed by atoms with Gasteiger partial charge in [-0.05, 0) is 36.3 Å². The van der Waals surface area contributed by atoms with Gasteiger partial charge in [0.1, 0.15) is 0 Å². The molecule has 1 aliphatic rings. The minimum absolute atomic E-state index is 0.925. The molecule has 2 N–H and O–H groups in total. The fourth-order valence-electron chi connectivity index (χ4n) is 2.19. The van der Waals surface area contributed by atoms with Crippen molar-refractivity contribution in [2.24, 2.45) is 0 Å². The fourth-order valence-corrected chi connectivity index (χ4v) is 2.83. The topological polar surface area (TPSA) is 29.3 Å². The van der Waals surface area contributed by atoms with Crippen LogP contribution in [0.25, 0.3) is 0 Å². The van der Waals surface area contributed by atoms with Crippen LogP contribution in [-0.2, 0) is 6.42 Å². The molecule has 0 atom stereocenters. The SMILES string of the molecule is CCSCCN1CCc2cc(C)c(N)cc21. The molecule has 88 valence electrons. The molecular weight excluding hydrogens is 216 g/mol. The molecule has 0 aliphatic carbocycles. The third kappa shape index (κ3) is 2.29. The normalized spacial score (nSPS) is 14.2. The van der Waals surface area contributed by atoms with E-state index in [-0.39, 0.29) is 0 Å². The number of benzene rings is 1. The van der Waals surface area contributed by atoms with Crippen LogP contribution in [-0.4, -0.2) is 24.6 Å². The molecule has 0 unspecified atom stereocenters. The van der Waals surface area contributed by atoms with Gasteiger partial charge in [-0.15, -0.1) is 0 Å². The monoisotopic (exact) mass is 236 g/mol. The lowest BCUT2D eigenvalue weighted by atomic mass is 10.1. The first kappa shape index (κ1) is 11.6. The Morgan fingerprint density at radius 1 is 1.44 bits per heavy atom. The van der Waals surface area contributed by atoms with Crippen molar-refractivity contribution in [1.29, 1.82) is 0 Å². The van der Waals surface area contributed by atoms with Crippen molar-refractivity contribution in [3.8, 4) is 0 Å². The van der Waals surface area contributed by atoms with Crippen molar-refractivity contribution in [1.82, 2.24) is 0 Å². The highest BCUT2D eigenvalue weighted by molar-refractivity contribution is 7.99. The van der Waals surface area contributed by atoms with Gasteiger partial charge in [0.05, 0.1) is 0 Å². The van der Waals surface area contributed by atoms with Crippen LogP contribution in [0.1, 0.15) is 18.1 Å². The van der Waals surface area contributed by atoms with E-state index in [1.165, 1.54) is 34.7 Å². The summed E-state index contributed by atoms with van der Waals surface area (Å²) in [5.74, 6) is 2.42. The largest absolute Gasteiger partial charge is 0.398 e. The van der Waals surface area contributed by atoms with Crippen molar-refractivity contribution in [2.45, 2.75) is 20.3 Å². The molecule has 0 saturated carbocycles. The van der Waals surface area contributed by atoms with E-state index < -0.39 is 0 Å². The van der Waals surface area contributed by atoms with Crippen molar-refractivity contribution in [3.63, 3.8) is 0 Å². The average molecular weight is 236 g/mol. The number of nitrogens with zero attached hydrogens (tertiary/aromatic N) is 1. The van der Waals surface area contributed by atoms with Crippen molar-refractivity contribution >= 4 is 23.1 Å². The summed E-state index contributed by atoms with van der Waals surface area (Å²) in [6, 6.07) is 4.39. The molecule has 1 aromatic carbocycles. The Morgan fingerprint density at radius 2 is 2.25 bits per heavy atom. The van der Waals surface area contributed by atoms with Crippen LogP contribution in [0.5, 0.6) is 0 Å². The van der Waals surface area contributed by atoms with Crippen LogP contribution < -0.4 is 10.6 Å². The molecule has 3 heteroatoms. The quantitative estimate of drug-likeness (QED) is 0.644. The van der Waals surface area contributed by atoms with E-state index in [1.807, 2.05) is 11.8 Å². The molecule has 1 heterocycles. The number of aryl methyl sites for hydroxylation is 1. The summed E-state index contributed by atoms with van der Waals surface area (Å²) < 4.78 is 0. The molecule has 0 radical (unpaired) electrons. The second-order valence-corrected chi connectivity index (χ2v) is 5.67. The van der Waals surface area contributed by atoms with Gasteiger partial charge in [0.2, 0.25) is 0 Å². The van der Waals surface area contributed by atoms with Gasteiger partial charge in [0, 0.05) is 30.2 Å². The van der Waals surface area contributed by atoms with E-state index in [4.69, 9.17) is 5.73 Å². The Morgan fingerprint density at radius 3 is 3.00 bits per heavy atom. The van der Waals surface area contributed by atoms with Gasteiger partial charge in [-0.3, -0.25) is 0 Å². The maximum absolute atomic E-state index is 5.98. The molecule has 2 nitrogen and oxygen atoms in total. The summed E-state index contributed by atoms with van der Waals surface area (Å²) >= 11 is 2.00. The first-order valence-corrected chi connectivity index (χ1v) is 7.09. The van der Waals surface area contributed by atoms with Crippen molar-refractivity contribution < 1.29 is 0 Å². The summed E-state index contributed by atoms with van der Waals surface area (Å²) in [5, 5.41) is 0. The Kier molecular flexibility index (Phi) is 3.64. The first-order valence-electron chi connectivity index (χ1n) is 5.94. The van der Waals surface area contributed by atoms with Crippen LogP contribution in [0.3, 0.4) is 0 Å². The smallest absolute Gasteiger partial charge is 0.0420 e. The van der Waals surface area contributed by atoms with E-state index in [2.05, 4.69) is 30.9 Å². The molecular formula is C13H20N2S. The molecule has 0 amide bonds. The third-order valence-corrected chi connectivity index (χ3v) is 4.05. The number of hydrogen-bond donors (Lipinski definition) is 1. The lowest BCUT2D eigenvalue weighted by Crippen LogP contribution is -2.23. The Hall–Kier alpha value is -0.830. The summed E-state index contributed by atoms with van der Waals surface area (Å²) in [4.78, 5) is 2.47. The molecule has 0 fully saturated rings. The number of hydrogen-bond acceptors (Lipinski definition) is 3. The molecule has 1 aromatic rings. The van der Waals surface area contributed by atoms with Crippen LogP contribution >= 0.6 is 11.8 Å². The molecule has 0 aromatic heterocycles. The highest BCUT2D eigenvalue weighted by Gasteiger charge is 2.19. The molecule has 2 rings (SSSR count). The van der Waals surface area contributed by atoms with Crippen molar-refractivity contribution in [3.05, 3.63) is 23.3 Å². The number of nitrogens with two attached hydrogens (primary N) is 1. The van der Waals surface area contributed by atoms with Gasteiger partial charge in [-0.1, -0.05) is 13.0 Å². The zero-order valence-electron chi connectivity index (χ0n) is 10.1. The second kappa shape index (κ2) is 5.00. The third-order valence-electron chi connectivity index (χ3n) is 3.17. The molecule has 0 spiro atoms. The number of thioether (sulfide) groups is 1. The van der Waals surface area contributed by atoms with E-state index in [0.29, 0.717) is 0 Å². The zero-order chi connectivity index (χ0) is 11.5. The maximum Gasteiger partial charge on any atom is 0.0420 e. The lowest BCUT2D eigenvalue weighted by molar-refractivity contribution is 0.874. The zero-order valence-corrected chi connectivity index (χ0v) is 10.9. The number of fused-ring (bicyclic) bond motifs is 1. The van der Waals surface area contributed by atoms with Crippen LogP contribution in [0, 0.1) is 6.92 Å². The van der Waals surface area contributed by atoms with Crippen LogP contribution in [0.15, 0.2) is 12.1 Å². The average Bonchev–Trinajstić information content (AvgIpc) is 2.63. The fraction of sp³-hybridized carbons (Fsp3) is 0.538. The minimum Gasteiger partial charge on any atom is -0.398 e. The Bertz CT molecular complexity index is 376. The Balaban J connectivity index is 2.10. The van der Waals surface area contributed by atoms with Crippen LogP contribution in [0.4, 0.5) is 11.4 Å². The maximum atomic E-state index is 5.98. The molecule has 1 aliphatic heterocycles. The predicted octanol–water partition coefficient (Wildman–Crippen LogP) is 2.69. The summed E-state index contributed by atoms with van der Waals surface area (Å²) in [6.45, 7) is 6.60. The van der Waals surface area contributed by atoms with Gasteiger partial charge in [0.15, 0.2) is 0 Å². The highest BCUT2D eigenvalue weighted by atomic mass is 32.2. The minimum atomic E-state index is 0.925. The van der Waals surface area contributed by atoms with E-state index >= 15 is 0 Å². The number of anilines is 2. The summed E-state index contributed by atoms with van der Waals surface area (Å²) in [5.41, 5.74) is 10.9. The highest BCUT2D eigenvalue weighted by Crippen LogP contribution is 2.31. The number of rotatable bonds is 4. The van der Waals surface area contributed by atoms with Crippen LogP contribution in [0.2, 0.25) is 0 Å². The molecule has 16 heavy (non-hydrogen) atoms. The summed E-state index contributed by atoms with van der Waals surface area (Å²) in [7, 11) is 0. The molecule has 0 bridgehead atoms. The standard InChI is InChI=1S/C13H20N2S/c1-3-16-7-6-15-5-4-11-8-10(2)12(14)9-13(11)15/h8-9H,3-7,14H2,1-2H3. The van der Waals surface area contributed by atoms with E-state index in [9.17, 15) is 0 Å². The number of nitrogen functional groups attached to an aromatic ring is 1. The Labute approximate surface area is 102 Å². The van der Waals surface area contributed by atoms with Gasteiger partial charge >= 0.3 is 0 Å². The van der Waals surface area contributed by atoms with Gasteiger partial charge in [0.25, 0.3) is 0 Å². The van der Waals surface area contributed by atoms with E-state index in [0.717, 1.165) is 18.8 Å². The van der Waals surface area contributed by atoms with E-state index in [1.54, 1.807) is 0 Å². The second-order valence-electron chi connectivity index (χ2n) is 4.27. The predicted molar refractivity (Wildman–Crippen MR) is 74.5 cm³/mol. The van der Waals surface area contributed by atoms with Gasteiger partial charge in [-0.25, -0.2) is 0 Å². The van der Waals surface area contributed by atoms with Gasteiger partial charge < -0.3 is 10.6 Å². The lowest BCUT2D eigenvalue weighted by Gasteiger charge is -2.19. The first-order chi connectivity index (χ1) is 7.72.